The van der Waals surface area contributed by atoms with Gasteiger partial charge in [0.15, 0.2) is 0 Å². The molecular formula is C14H21BrN2. The molecule has 1 aromatic carbocycles. The average Bonchev–Trinajstić information content (AvgIpc) is 2.63. The molecule has 2 N–H and O–H groups in total. The Morgan fingerprint density at radius 3 is 2.47 bits per heavy atom. The third-order valence-electron chi connectivity index (χ3n) is 3.82. The summed E-state index contributed by atoms with van der Waals surface area (Å²) in [7, 11) is 0. The average molecular weight is 297 g/mol. The summed E-state index contributed by atoms with van der Waals surface area (Å²) in [5, 5.41) is 0. The van der Waals surface area contributed by atoms with E-state index in [1.807, 2.05) is 0 Å². The number of nitrogens with two attached hydrogens (primary N) is 1. The molecule has 0 bridgehead atoms. The lowest BCUT2D eigenvalue weighted by atomic mass is 9.97. The molecular weight excluding hydrogens is 276 g/mol. The highest BCUT2D eigenvalue weighted by atomic mass is 79.9. The van der Waals surface area contributed by atoms with Crippen molar-refractivity contribution in [2.75, 3.05) is 13.1 Å². The highest BCUT2D eigenvalue weighted by Gasteiger charge is 2.36. The molecule has 0 amide bonds. The number of nitrogens with zero attached hydrogens (tertiary/aromatic N) is 1. The molecule has 1 aliphatic heterocycles. The van der Waals surface area contributed by atoms with Crippen LogP contribution in [0.1, 0.15) is 38.3 Å². The number of halogens is 1. The highest BCUT2D eigenvalue weighted by Crippen LogP contribution is 2.36. The zero-order chi connectivity index (χ0) is 12.5. The first kappa shape index (κ1) is 13.1. The van der Waals surface area contributed by atoms with Gasteiger partial charge in [-0.25, -0.2) is 0 Å². The van der Waals surface area contributed by atoms with Crippen LogP contribution in [0, 0.1) is 0 Å². The largest absolute Gasteiger partial charge is 0.329 e. The molecule has 0 aromatic heterocycles. The molecule has 1 heterocycles. The van der Waals surface area contributed by atoms with Crippen LogP contribution in [0.3, 0.4) is 0 Å². The van der Waals surface area contributed by atoms with Crippen molar-refractivity contribution in [3.8, 4) is 0 Å². The molecule has 1 aliphatic rings. The number of benzene rings is 1. The standard InChI is InChI=1S/C14H21BrN2/c1-14(2)8-3-9-17(14)13(10-16)11-4-6-12(15)7-5-11/h4-7,13H,3,8-10,16H2,1-2H3. The van der Waals surface area contributed by atoms with E-state index < -0.39 is 0 Å². The summed E-state index contributed by atoms with van der Waals surface area (Å²) in [6.07, 6.45) is 2.54. The van der Waals surface area contributed by atoms with Gasteiger partial charge in [-0.1, -0.05) is 28.1 Å². The Morgan fingerprint density at radius 1 is 1.35 bits per heavy atom. The summed E-state index contributed by atoms with van der Waals surface area (Å²) in [6, 6.07) is 8.90. The van der Waals surface area contributed by atoms with E-state index in [0.717, 1.165) is 11.0 Å². The van der Waals surface area contributed by atoms with E-state index in [9.17, 15) is 0 Å². The Labute approximate surface area is 112 Å². The lowest BCUT2D eigenvalue weighted by Crippen LogP contribution is -2.43. The Bertz CT molecular complexity index is 372. The molecule has 17 heavy (non-hydrogen) atoms. The quantitative estimate of drug-likeness (QED) is 0.927. The zero-order valence-electron chi connectivity index (χ0n) is 10.6. The van der Waals surface area contributed by atoms with Crippen molar-refractivity contribution >= 4 is 15.9 Å². The van der Waals surface area contributed by atoms with E-state index in [4.69, 9.17) is 5.73 Å². The van der Waals surface area contributed by atoms with Crippen LogP contribution in [-0.4, -0.2) is 23.5 Å². The number of likely N-dealkylation sites (tertiary alicyclic amines) is 1. The molecule has 1 aromatic rings. The third kappa shape index (κ3) is 2.72. The van der Waals surface area contributed by atoms with Gasteiger partial charge in [0.25, 0.3) is 0 Å². The zero-order valence-corrected chi connectivity index (χ0v) is 12.2. The van der Waals surface area contributed by atoms with Crippen LogP contribution in [0.4, 0.5) is 0 Å². The Balaban J connectivity index is 2.24. The van der Waals surface area contributed by atoms with Gasteiger partial charge in [0.1, 0.15) is 0 Å². The molecule has 0 aliphatic carbocycles. The van der Waals surface area contributed by atoms with Crippen LogP contribution in [0.2, 0.25) is 0 Å². The first-order valence-electron chi connectivity index (χ1n) is 6.27. The molecule has 0 saturated carbocycles. The topological polar surface area (TPSA) is 29.3 Å². The molecule has 1 unspecified atom stereocenters. The van der Waals surface area contributed by atoms with E-state index in [1.165, 1.54) is 18.4 Å². The molecule has 94 valence electrons. The maximum atomic E-state index is 5.99. The molecule has 1 fully saturated rings. The van der Waals surface area contributed by atoms with Gasteiger partial charge in [-0.15, -0.1) is 0 Å². The van der Waals surface area contributed by atoms with Gasteiger partial charge < -0.3 is 5.73 Å². The summed E-state index contributed by atoms with van der Waals surface area (Å²) in [6.45, 7) is 6.49. The number of rotatable bonds is 3. The fraction of sp³-hybridized carbons (Fsp3) is 0.571. The van der Waals surface area contributed by atoms with Crippen LogP contribution in [0.5, 0.6) is 0 Å². The van der Waals surface area contributed by atoms with E-state index in [0.29, 0.717) is 12.6 Å². The monoisotopic (exact) mass is 296 g/mol. The van der Waals surface area contributed by atoms with Crippen molar-refractivity contribution in [1.29, 1.82) is 0 Å². The normalized spacial score (nSPS) is 21.6. The van der Waals surface area contributed by atoms with E-state index in [-0.39, 0.29) is 5.54 Å². The number of hydrogen-bond donors (Lipinski definition) is 1. The summed E-state index contributed by atoms with van der Waals surface area (Å²) < 4.78 is 1.12. The van der Waals surface area contributed by atoms with Crippen LogP contribution in [-0.2, 0) is 0 Å². The van der Waals surface area contributed by atoms with Gasteiger partial charge in [-0.05, 0) is 50.9 Å². The highest BCUT2D eigenvalue weighted by molar-refractivity contribution is 9.10. The van der Waals surface area contributed by atoms with Crippen molar-refractivity contribution < 1.29 is 0 Å². The first-order valence-corrected chi connectivity index (χ1v) is 7.06. The van der Waals surface area contributed by atoms with Gasteiger partial charge in [-0.2, -0.15) is 0 Å². The Kier molecular flexibility index (Phi) is 3.91. The summed E-state index contributed by atoms with van der Waals surface area (Å²) in [5.41, 5.74) is 7.59. The van der Waals surface area contributed by atoms with Gasteiger partial charge in [0.05, 0.1) is 0 Å². The van der Waals surface area contributed by atoms with E-state index in [1.54, 1.807) is 0 Å². The van der Waals surface area contributed by atoms with Gasteiger partial charge in [0.2, 0.25) is 0 Å². The molecule has 3 heteroatoms. The minimum absolute atomic E-state index is 0.275. The van der Waals surface area contributed by atoms with Crippen LogP contribution >= 0.6 is 15.9 Å². The smallest absolute Gasteiger partial charge is 0.0475 e. The summed E-state index contributed by atoms with van der Waals surface area (Å²) in [4.78, 5) is 2.55. The van der Waals surface area contributed by atoms with Crippen molar-refractivity contribution in [3.05, 3.63) is 34.3 Å². The molecule has 2 nitrogen and oxygen atoms in total. The molecule has 0 spiro atoms. The van der Waals surface area contributed by atoms with Gasteiger partial charge in [-0.3, -0.25) is 4.90 Å². The second kappa shape index (κ2) is 5.09. The second-order valence-corrected chi connectivity index (χ2v) is 6.33. The van der Waals surface area contributed by atoms with Gasteiger partial charge >= 0.3 is 0 Å². The Hall–Kier alpha value is -0.380. The lowest BCUT2D eigenvalue weighted by Gasteiger charge is -2.38. The first-order chi connectivity index (χ1) is 8.04. The van der Waals surface area contributed by atoms with E-state index >= 15 is 0 Å². The fourth-order valence-electron chi connectivity index (χ4n) is 2.83. The SMILES string of the molecule is CC1(C)CCCN1C(CN)c1ccc(Br)cc1. The maximum absolute atomic E-state index is 5.99. The van der Waals surface area contributed by atoms with Crippen molar-refractivity contribution in [2.24, 2.45) is 5.73 Å². The Morgan fingerprint density at radius 2 is 2.00 bits per heavy atom. The predicted octanol–water partition coefficient (Wildman–Crippen LogP) is 3.32. The summed E-state index contributed by atoms with van der Waals surface area (Å²) >= 11 is 3.48. The van der Waals surface area contributed by atoms with Crippen LogP contribution in [0.15, 0.2) is 28.7 Å². The van der Waals surface area contributed by atoms with Crippen LogP contribution < -0.4 is 5.73 Å². The van der Waals surface area contributed by atoms with E-state index in [2.05, 4.69) is 58.9 Å². The van der Waals surface area contributed by atoms with Crippen molar-refractivity contribution in [1.82, 2.24) is 4.90 Å². The van der Waals surface area contributed by atoms with Crippen molar-refractivity contribution in [3.63, 3.8) is 0 Å². The summed E-state index contributed by atoms with van der Waals surface area (Å²) in [5.74, 6) is 0. The molecule has 2 rings (SSSR count). The minimum atomic E-state index is 0.275. The minimum Gasteiger partial charge on any atom is -0.329 e. The molecule has 1 atom stereocenters. The number of hydrogen-bond acceptors (Lipinski definition) is 2. The van der Waals surface area contributed by atoms with Crippen LogP contribution in [0.25, 0.3) is 0 Å². The lowest BCUT2D eigenvalue weighted by molar-refractivity contribution is 0.119. The third-order valence-corrected chi connectivity index (χ3v) is 4.35. The van der Waals surface area contributed by atoms with Gasteiger partial charge in [0, 0.05) is 22.6 Å². The molecule has 1 saturated heterocycles. The fourth-order valence-corrected chi connectivity index (χ4v) is 3.10. The second-order valence-electron chi connectivity index (χ2n) is 5.41. The van der Waals surface area contributed by atoms with Crippen molar-refractivity contribution in [2.45, 2.75) is 38.3 Å². The predicted molar refractivity (Wildman–Crippen MR) is 76.0 cm³/mol. The molecule has 0 radical (unpaired) electrons. The maximum Gasteiger partial charge on any atom is 0.0475 e.